The van der Waals surface area contributed by atoms with E-state index in [4.69, 9.17) is 4.42 Å². The summed E-state index contributed by atoms with van der Waals surface area (Å²) in [6, 6.07) is 10.2. The van der Waals surface area contributed by atoms with E-state index in [1.54, 1.807) is 6.92 Å². The Hall–Kier alpha value is -2.10. The van der Waals surface area contributed by atoms with Crippen molar-refractivity contribution >= 4 is 5.91 Å². The van der Waals surface area contributed by atoms with Crippen LogP contribution in [0.3, 0.4) is 0 Å². The lowest BCUT2D eigenvalue weighted by Crippen LogP contribution is -2.39. The van der Waals surface area contributed by atoms with Gasteiger partial charge in [0, 0.05) is 13.5 Å². The Labute approximate surface area is 137 Å². The third-order valence-electron chi connectivity index (χ3n) is 4.79. The van der Waals surface area contributed by atoms with E-state index >= 15 is 0 Å². The highest BCUT2D eigenvalue weighted by molar-refractivity contribution is 5.92. The molecule has 0 bridgehead atoms. The van der Waals surface area contributed by atoms with Gasteiger partial charge in [0.05, 0.1) is 11.7 Å². The van der Waals surface area contributed by atoms with E-state index < -0.39 is 0 Å². The van der Waals surface area contributed by atoms with E-state index in [1.807, 2.05) is 30.0 Å². The van der Waals surface area contributed by atoms with E-state index in [-0.39, 0.29) is 11.9 Å². The summed E-state index contributed by atoms with van der Waals surface area (Å²) >= 11 is 0. The van der Waals surface area contributed by atoms with E-state index in [1.165, 1.54) is 19.3 Å². The van der Waals surface area contributed by atoms with Gasteiger partial charge in [0.1, 0.15) is 0 Å². The lowest BCUT2D eigenvalue weighted by atomic mass is 9.84. The van der Waals surface area contributed by atoms with Crippen LogP contribution in [-0.4, -0.2) is 22.3 Å². The molecule has 0 N–H and O–H groups in total. The first-order valence-electron chi connectivity index (χ1n) is 8.36. The fourth-order valence-corrected chi connectivity index (χ4v) is 3.14. The van der Waals surface area contributed by atoms with E-state index in [2.05, 4.69) is 24.0 Å². The number of amides is 1. The number of hydrogen-bond donors (Lipinski definition) is 0. The van der Waals surface area contributed by atoms with Gasteiger partial charge >= 0.3 is 0 Å². The molecular formula is C19H24N2O2. The first-order chi connectivity index (χ1) is 11.1. The van der Waals surface area contributed by atoms with Gasteiger partial charge in [-0.25, -0.2) is 4.98 Å². The maximum atomic E-state index is 13.1. The minimum atomic E-state index is -0.0497. The maximum Gasteiger partial charge on any atom is 0.292 e. The number of oxazole rings is 1. The van der Waals surface area contributed by atoms with Crippen molar-refractivity contribution in [2.75, 3.05) is 6.54 Å². The first-order valence-corrected chi connectivity index (χ1v) is 8.36. The van der Waals surface area contributed by atoms with Crippen LogP contribution in [-0.2, 0) is 0 Å². The lowest BCUT2D eigenvalue weighted by Gasteiger charge is -2.36. The number of carbonyl (C=O) groups excluding carboxylic acids is 1. The normalized spacial score (nSPS) is 16.0. The zero-order valence-corrected chi connectivity index (χ0v) is 14.1. The molecule has 2 aromatic rings. The van der Waals surface area contributed by atoms with Gasteiger partial charge in [0.25, 0.3) is 5.91 Å². The van der Waals surface area contributed by atoms with Crippen molar-refractivity contribution in [3.63, 3.8) is 0 Å². The van der Waals surface area contributed by atoms with Crippen LogP contribution in [0, 0.1) is 19.8 Å². The third-order valence-corrected chi connectivity index (χ3v) is 4.79. The van der Waals surface area contributed by atoms with Gasteiger partial charge in [-0.05, 0) is 38.2 Å². The smallest absolute Gasteiger partial charge is 0.292 e. The van der Waals surface area contributed by atoms with Crippen LogP contribution >= 0.6 is 0 Å². The van der Waals surface area contributed by atoms with Crippen molar-refractivity contribution in [3.8, 4) is 0 Å². The van der Waals surface area contributed by atoms with Crippen molar-refractivity contribution < 1.29 is 9.21 Å². The van der Waals surface area contributed by atoms with Crippen LogP contribution in [0.25, 0.3) is 0 Å². The summed E-state index contributed by atoms with van der Waals surface area (Å²) in [6.45, 7) is 6.48. The molecule has 23 heavy (non-hydrogen) atoms. The SMILES string of the molecule is Cc1nc(C)c(C(=O)N(CC2CCC2)[C@@H](C)c2ccccc2)o1. The molecule has 0 radical (unpaired) electrons. The van der Waals surface area contributed by atoms with Gasteiger partial charge in [0.15, 0.2) is 5.89 Å². The molecule has 3 rings (SSSR count). The molecule has 4 heteroatoms. The molecule has 1 aromatic carbocycles. The standard InChI is InChI=1S/C19H24N2O2/c1-13-18(23-15(3)20-13)19(22)21(12-16-8-7-9-16)14(2)17-10-5-4-6-11-17/h4-6,10-11,14,16H,7-9,12H2,1-3H3/t14-/m0/s1. The minimum absolute atomic E-state index is 0.0223. The van der Waals surface area contributed by atoms with Gasteiger partial charge < -0.3 is 9.32 Å². The Morgan fingerprint density at radius 2 is 2.00 bits per heavy atom. The summed E-state index contributed by atoms with van der Waals surface area (Å²) in [5.41, 5.74) is 1.82. The topological polar surface area (TPSA) is 46.3 Å². The van der Waals surface area contributed by atoms with Gasteiger partial charge in [0.2, 0.25) is 5.76 Å². The number of nitrogens with zero attached hydrogens (tertiary/aromatic N) is 2. The van der Waals surface area contributed by atoms with E-state index in [9.17, 15) is 4.79 Å². The highest BCUT2D eigenvalue weighted by Gasteiger charge is 2.31. The summed E-state index contributed by atoms with van der Waals surface area (Å²) in [4.78, 5) is 19.3. The fraction of sp³-hybridized carbons (Fsp3) is 0.474. The molecule has 1 saturated carbocycles. The molecule has 0 saturated heterocycles. The molecule has 1 amide bonds. The average Bonchev–Trinajstić information content (AvgIpc) is 2.85. The highest BCUT2D eigenvalue weighted by Crippen LogP contribution is 2.31. The highest BCUT2D eigenvalue weighted by atomic mass is 16.4. The van der Waals surface area contributed by atoms with Gasteiger partial charge in [-0.3, -0.25) is 4.79 Å². The number of benzene rings is 1. The van der Waals surface area contributed by atoms with Crippen LogP contribution in [0.1, 0.15) is 59.9 Å². The molecular weight excluding hydrogens is 288 g/mol. The van der Waals surface area contributed by atoms with E-state index in [0.29, 0.717) is 23.3 Å². The largest absolute Gasteiger partial charge is 0.436 e. The summed E-state index contributed by atoms with van der Waals surface area (Å²) in [5, 5.41) is 0. The number of rotatable bonds is 5. The fourth-order valence-electron chi connectivity index (χ4n) is 3.14. The number of hydrogen-bond acceptors (Lipinski definition) is 3. The summed E-state index contributed by atoms with van der Waals surface area (Å²) in [5.74, 6) is 1.48. The predicted octanol–water partition coefficient (Wildman–Crippen LogP) is 4.29. The lowest BCUT2D eigenvalue weighted by molar-refractivity contribution is 0.0579. The first kappa shape index (κ1) is 15.8. The van der Waals surface area contributed by atoms with Crippen molar-refractivity contribution in [2.24, 2.45) is 5.92 Å². The zero-order valence-electron chi connectivity index (χ0n) is 14.1. The molecule has 1 heterocycles. The average molecular weight is 312 g/mol. The Balaban J connectivity index is 1.88. The van der Waals surface area contributed by atoms with Crippen molar-refractivity contribution in [1.82, 2.24) is 9.88 Å². The number of aryl methyl sites for hydroxylation is 2. The molecule has 122 valence electrons. The van der Waals surface area contributed by atoms with Crippen LogP contribution in [0.5, 0.6) is 0 Å². The number of aromatic nitrogens is 1. The second kappa shape index (κ2) is 6.57. The Morgan fingerprint density at radius 1 is 1.30 bits per heavy atom. The van der Waals surface area contributed by atoms with E-state index in [0.717, 1.165) is 12.1 Å². The second-order valence-electron chi connectivity index (χ2n) is 6.49. The number of carbonyl (C=O) groups is 1. The molecule has 1 atom stereocenters. The van der Waals surface area contributed by atoms with Crippen LogP contribution in [0.15, 0.2) is 34.7 Å². The van der Waals surface area contributed by atoms with Crippen molar-refractivity contribution in [1.29, 1.82) is 0 Å². The van der Waals surface area contributed by atoms with Crippen molar-refractivity contribution in [2.45, 2.75) is 46.1 Å². The zero-order chi connectivity index (χ0) is 16.4. The molecule has 1 aromatic heterocycles. The Bertz CT molecular complexity index is 674. The quantitative estimate of drug-likeness (QED) is 0.827. The second-order valence-corrected chi connectivity index (χ2v) is 6.49. The summed E-state index contributed by atoms with van der Waals surface area (Å²) in [7, 11) is 0. The molecule has 0 spiro atoms. The molecule has 0 aliphatic heterocycles. The minimum Gasteiger partial charge on any atom is -0.436 e. The van der Waals surface area contributed by atoms with Gasteiger partial charge in [-0.1, -0.05) is 36.8 Å². The monoisotopic (exact) mass is 312 g/mol. The van der Waals surface area contributed by atoms with Gasteiger partial charge in [-0.15, -0.1) is 0 Å². The summed E-state index contributed by atoms with van der Waals surface area (Å²) < 4.78 is 5.57. The van der Waals surface area contributed by atoms with Crippen LogP contribution in [0.2, 0.25) is 0 Å². The summed E-state index contributed by atoms with van der Waals surface area (Å²) in [6.07, 6.45) is 3.69. The van der Waals surface area contributed by atoms with Crippen LogP contribution < -0.4 is 0 Å². The van der Waals surface area contributed by atoms with Crippen LogP contribution in [0.4, 0.5) is 0 Å². The molecule has 1 fully saturated rings. The maximum absolute atomic E-state index is 13.1. The Morgan fingerprint density at radius 3 is 2.52 bits per heavy atom. The molecule has 0 unspecified atom stereocenters. The van der Waals surface area contributed by atoms with Crippen molar-refractivity contribution in [3.05, 3.63) is 53.2 Å². The third kappa shape index (κ3) is 3.31. The molecule has 1 aliphatic carbocycles. The van der Waals surface area contributed by atoms with Gasteiger partial charge in [-0.2, -0.15) is 0 Å². The predicted molar refractivity (Wildman–Crippen MR) is 89.2 cm³/mol. The Kier molecular flexibility index (Phi) is 4.51. The molecule has 1 aliphatic rings. The molecule has 4 nitrogen and oxygen atoms in total.